The van der Waals surface area contributed by atoms with E-state index in [0.29, 0.717) is 12.3 Å². The second-order valence-corrected chi connectivity index (χ2v) is 7.68. The van der Waals surface area contributed by atoms with Crippen LogP contribution in [0.15, 0.2) is 47.1 Å². The largest absolute Gasteiger partial charge is 0.468 e. The zero-order valence-electron chi connectivity index (χ0n) is 13.2. The third-order valence-corrected chi connectivity index (χ3v) is 6.01. The van der Waals surface area contributed by atoms with Crippen molar-refractivity contribution in [3.63, 3.8) is 0 Å². The molecule has 134 valence electrons. The highest BCUT2D eigenvalue weighted by molar-refractivity contribution is 8.00. The third kappa shape index (κ3) is 4.55. The minimum Gasteiger partial charge on any atom is -0.468 e. The van der Waals surface area contributed by atoms with Gasteiger partial charge in [-0.3, -0.25) is 4.79 Å². The first kappa shape index (κ1) is 18.3. The number of hydrogen-bond donors (Lipinski definition) is 0. The summed E-state index contributed by atoms with van der Waals surface area (Å²) in [5.74, 6) is 2.73. The summed E-state index contributed by atoms with van der Waals surface area (Å²) >= 11 is 3.11. The Morgan fingerprint density at radius 1 is 1.24 bits per heavy atom. The van der Waals surface area contributed by atoms with E-state index in [1.54, 1.807) is 22.9 Å². The average molecular weight is 387 g/mol. The fourth-order valence-corrected chi connectivity index (χ4v) is 4.59. The van der Waals surface area contributed by atoms with Crippen LogP contribution >= 0.6 is 23.5 Å². The maximum atomic E-state index is 12.7. The molecule has 1 atom stereocenters. The monoisotopic (exact) mass is 387 g/mol. The van der Waals surface area contributed by atoms with Crippen LogP contribution in [0.3, 0.4) is 0 Å². The average Bonchev–Trinajstić information content (AvgIpc) is 3.21. The minimum absolute atomic E-state index is 0.0218. The molecule has 1 amide bonds. The van der Waals surface area contributed by atoms with Crippen molar-refractivity contribution in [2.75, 3.05) is 18.1 Å². The highest BCUT2D eigenvalue weighted by atomic mass is 32.2. The van der Waals surface area contributed by atoms with E-state index in [1.807, 2.05) is 12.1 Å². The molecule has 2 heterocycles. The summed E-state index contributed by atoms with van der Waals surface area (Å²) in [5, 5.41) is -0.223. The Hall–Kier alpha value is -1.54. The molecule has 3 nitrogen and oxygen atoms in total. The summed E-state index contributed by atoms with van der Waals surface area (Å²) in [7, 11) is 0. The highest BCUT2D eigenvalue weighted by Crippen LogP contribution is 2.39. The molecule has 1 aromatic heterocycles. The molecule has 0 aliphatic carbocycles. The molecular formula is C17H16F3NO2S2. The third-order valence-electron chi connectivity index (χ3n) is 3.79. The summed E-state index contributed by atoms with van der Waals surface area (Å²) in [6.45, 7) is 0.558. The van der Waals surface area contributed by atoms with Crippen LogP contribution in [0.2, 0.25) is 0 Å². The minimum atomic E-state index is -4.35. The predicted molar refractivity (Wildman–Crippen MR) is 93.2 cm³/mol. The second-order valence-electron chi connectivity index (χ2n) is 5.50. The van der Waals surface area contributed by atoms with Gasteiger partial charge >= 0.3 is 6.18 Å². The Balaban J connectivity index is 1.59. The van der Waals surface area contributed by atoms with Crippen LogP contribution in [0.5, 0.6) is 0 Å². The van der Waals surface area contributed by atoms with Crippen LogP contribution in [0.25, 0.3) is 0 Å². The van der Waals surface area contributed by atoms with E-state index in [4.69, 9.17) is 4.42 Å². The molecule has 0 spiro atoms. The van der Waals surface area contributed by atoms with Gasteiger partial charge < -0.3 is 9.32 Å². The maximum absolute atomic E-state index is 12.7. The van der Waals surface area contributed by atoms with Crippen molar-refractivity contribution in [2.24, 2.45) is 0 Å². The van der Waals surface area contributed by atoms with E-state index < -0.39 is 11.7 Å². The van der Waals surface area contributed by atoms with Crippen LogP contribution < -0.4 is 0 Å². The number of amides is 1. The summed E-state index contributed by atoms with van der Waals surface area (Å²) in [6, 6.07) is 8.79. The number of rotatable bonds is 6. The number of furan rings is 1. The zero-order valence-corrected chi connectivity index (χ0v) is 14.8. The Bertz CT molecular complexity index is 702. The summed E-state index contributed by atoms with van der Waals surface area (Å²) in [5.41, 5.74) is 0.0472. The van der Waals surface area contributed by atoms with Gasteiger partial charge in [-0.25, -0.2) is 0 Å². The molecule has 0 radical (unpaired) electrons. The van der Waals surface area contributed by atoms with Crippen molar-refractivity contribution in [3.8, 4) is 0 Å². The van der Waals surface area contributed by atoms with Crippen LogP contribution in [-0.4, -0.2) is 28.9 Å². The molecule has 0 N–H and O–H groups in total. The van der Waals surface area contributed by atoms with Gasteiger partial charge in [-0.1, -0.05) is 12.1 Å². The number of carbonyl (C=O) groups is 1. The lowest BCUT2D eigenvalue weighted by Gasteiger charge is -2.24. The molecule has 8 heteroatoms. The van der Waals surface area contributed by atoms with Crippen LogP contribution in [-0.2, 0) is 16.7 Å². The number of hydrogen-bond acceptors (Lipinski definition) is 4. The maximum Gasteiger partial charge on any atom is 0.416 e. The number of halogens is 3. The van der Waals surface area contributed by atoms with Crippen LogP contribution in [0, 0.1) is 0 Å². The Morgan fingerprint density at radius 3 is 2.64 bits per heavy atom. The van der Waals surface area contributed by atoms with E-state index in [1.165, 1.54) is 23.9 Å². The summed E-state index contributed by atoms with van der Waals surface area (Å²) < 4.78 is 43.3. The molecular weight excluding hydrogens is 371 g/mol. The first-order chi connectivity index (χ1) is 11.9. The standard InChI is InChI=1S/C17H16F3NO2S2/c18-17(19,20)13-5-3-12(4-6-13)16-21(15(22)11-25-16)7-9-24-10-14-2-1-8-23-14/h1-6,8,16H,7,9-11H2. The molecule has 0 bridgehead atoms. The lowest BCUT2D eigenvalue weighted by Crippen LogP contribution is -2.30. The number of alkyl halides is 3. The van der Waals surface area contributed by atoms with Crippen LogP contribution in [0.4, 0.5) is 13.2 Å². The van der Waals surface area contributed by atoms with Crippen molar-refractivity contribution < 1.29 is 22.4 Å². The number of nitrogens with zero attached hydrogens (tertiary/aromatic N) is 1. The molecule has 0 saturated carbocycles. The van der Waals surface area contributed by atoms with Gasteiger partial charge in [0, 0.05) is 12.3 Å². The first-order valence-electron chi connectivity index (χ1n) is 7.63. The lowest BCUT2D eigenvalue weighted by atomic mass is 10.1. The molecule has 25 heavy (non-hydrogen) atoms. The van der Waals surface area contributed by atoms with Gasteiger partial charge in [0.05, 0.1) is 23.3 Å². The fourth-order valence-electron chi connectivity index (χ4n) is 2.54. The molecule has 1 aliphatic rings. The second kappa shape index (κ2) is 7.78. The Morgan fingerprint density at radius 2 is 2.00 bits per heavy atom. The van der Waals surface area contributed by atoms with E-state index in [9.17, 15) is 18.0 Å². The smallest absolute Gasteiger partial charge is 0.416 e. The molecule has 2 aromatic rings. The molecule has 1 fully saturated rings. The van der Waals surface area contributed by atoms with Crippen molar-refractivity contribution in [2.45, 2.75) is 17.3 Å². The number of benzene rings is 1. The predicted octanol–water partition coefficient (Wildman–Crippen LogP) is 4.81. The van der Waals surface area contributed by atoms with Gasteiger partial charge in [-0.2, -0.15) is 24.9 Å². The van der Waals surface area contributed by atoms with Crippen molar-refractivity contribution >= 4 is 29.4 Å². The Labute approximate surface area is 151 Å². The van der Waals surface area contributed by atoms with Crippen molar-refractivity contribution in [3.05, 3.63) is 59.5 Å². The fraction of sp³-hybridized carbons (Fsp3) is 0.353. The number of carbonyl (C=O) groups excluding carboxylic acids is 1. The molecule has 1 aliphatic heterocycles. The first-order valence-corrected chi connectivity index (χ1v) is 9.84. The van der Waals surface area contributed by atoms with Gasteiger partial charge in [0.15, 0.2) is 0 Å². The molecule has 1 aromatic carbocycles. The van der Waals surface area contributed by atoms with E-state index in [-0.39, 0.29) is 11.3 Å². The van der Waals surface area contributed by atoms with Gasteiger partial charge in [-0.15, -0.1) is 11.8 Å². The normalized spacial score (nSPS) is 18.1. The molecule has 3 rings (SSSR count). The van der Waals surface area contributed by atoms with E-state index in [0.717, 1.165) is 35.0 Å². The SMILES string of the molecule is O=C1CSC(c2ccc(C(F)(F)F)cc2)N1CCSCc1ccco1. The quantitative estimate of drug-likeness (QED) is 0.667. The van der Waals surface area contributed by atoms with Gasteiger partial charge in [0.1, 0.15) is 11.1 Å². The Kier molecular flexibility index (Phi) is 5.68. The zero-order chi connectivity index (χ0) is 17.9. The van der Waals surface area contributed by atoms with Gasteiger partial charge in [0.25, 0.3) is 0 Å². The molecule has 1 saturated heterocycles. The summed E-state index contributed by atoms with van der Waals surface area (Å²) in [4.78, 5) is 13.8. The van der Waals surface area contributed by atoms with Crippen molar-refractivity contribution in [1.29, 1.82) is 0 Å². The highest BCUT2D eigenvalue weighted by Gasteiger charge is 2.34. The van der Waals surface area contributed by atoms with Gasteiger partial charge in [-0.05, 0) is 29.8 Å². The van der Waals surface area contributed by atoms with Gasteiger partial charge in [0.2, 0.25) is 5.91 Å². The van der Waals surface area contributed by atoms with E-state index in [2.05, 4.69) is 0 Å². The topological polar surface area (TPSA) is 33.5 Å². The van der Waals surface area contributed by atoms with Crippen molar-refractivity contribution in [1.82, 2.24) is 4.90 Å². The summed E-state index contributed by atoms with van der Waals surface area (Å²) in [6.07, 6.45) is -2.73. The van der Waals surface area contributed by atoms with E-state index >= 15 is 0 Å². The molecule has 1 unspecified atom stereocenters. The van der Waals surface area contributed by atoms with Crippen LogP contribution in [0.1, 0.15) is 22.3 Å². The lowest BCUT2D eigenvalue weighted by molar-refractivity contribution is -0.137. The number of thioether (sulfide) groups is 2.